The van der Waals surface area contributed by atoms with Crippen LogP contribution in [0.5, 0.6) is 0 Å². The minimum Gasteiger partial charge on any atom is -0.510 e. The molecule has 1 aliphatic carbocycles. The molecule has 0 unspecified atom stereocenters. The predicted molar refractivity (Wildman–Crippen MR) is 174 cm³/mol. The van der Waals surface area contributed by atoms with E-state index in [-0.39, 0.29) is 30.0 Å². The van der Waals surface area contributed by atoms with E-state index in [4.69, 9.17) is 24.5 Å². The van der Waals surface area contributed by atoms with Gasteiger partial charge in [-0.25, -0.2) is 15.0 Å². The zero-order chi connectivity index (χ0) is 32.3. The molecular weight excluding hydrogens is 570 g/mol. The van der Waals surface area contributed by atoms with Crippen molar-refractivity contribution in [2.45, 2.75) is 53.9 Å². The van der Waals surface area contributed by atoms with Crippen molar-refractivity contribution in [3.63, 3.8) is 0 Å². The smallest absolute Gasteiger partial charge is 0.321 e. The maximum Gasteiger partial charge on any atom is 0.321 e. The van der Waals surface area contributed by atoms with Crippen molar-refractivity contribution in [3.8, 4) is 0 Å². The van der Waals surface area contributed by atoms with Gasteiger partial charge in [0, 0.05) is 46.4 Å². The minimum absolute atomic E-state index is 0.0802. The van der Waals surface area contributed by atoms with E-state index >= 15 is 0 Å². The van der Waals surface area contributed by atoms with Crippen LogP contribution in [0.25, 0.3) is 0 Å². The molecule has 0 spiro atoms. The average molecular weight is 609 g/mol. The van der Waals surface area contributed by atoms with Crippen LogP contribution >= 0.6 is 0 Å². The van der Waals surface area contributed by atoms with Gasteiger partial charge in [0.15, 0.2) is 0 Å². The first kappa shape index (κ1) is 30.2. The third kappa shape index (κ3) is 4.64. The molecule has 6 aliphatic rings. The molecule has 1 fully saturated rings. The Morgan fingerprint density at radius 2 is 1.71 bits per heavy atom. The van der Waals surface area contributed by atoms with Gasteiger partial charge in [-0.2, -0.15) is 0 Å². The topological polar surface area (TPSA) is 122 Å². The van der Waals surface area contributed by atoms with Crippen LogP contribution in [0.1, 0.15) is 53.9 Å². The summed E-state index contributed by atoms with van der Waals surface area (Å²) in [6.07, 6.45) is 9.25. The van der Waals surface area contributed by atoms with E-state index in [0.29, 0.717) is 29.0 Å². The number of hydrogen-bond acceptors (Lipinski definition) is 9. The molecule has 5 aliphatic heterocycles. The molecule has 3 atom stereocenters. The van der Waals surface area contributed by atoms with E-state index < -0.39 is 11.9 Å². The Bertz CT molecular complexity index is 1830. The summed E-state index contributed by atoms with van der Waals surface area (Å²) in [5.41, 5.74) is 12.0. The Morgan fingerprint density at radius 1 is 1.00 bits per heavy atom. The molecule has 8 bridgehead atoms. The summed E-state index contributed by atoms with van der Waals surface area (Å²) in [6, 6.07) is 0. The second kappa shape index (κ2) is 11.3. The second-order valence-corrected chi connectivity index (χ2v) is 12.0. The van der Waals surface area contributed by atoms with Gasteiger partial charge in [-0.05, 0) is 74.1 Å². The average Bonchev–Trinajstić information content (AvgIpc) is 3.76. The van der Waals surface area contributed by atoms with E-state index in [1.807, 2.05) is 38.2 Å². The zero-order valence-electron chi connectivity index (χ0n) is 26.8. The number of methoxy groups -OCH3 is 2. The number of hydrogen-bond donors (Lipinski definition) is 2. The lowest BCUT2D eigenvalue weighted by Gasteiger charge is -2.20. The van der Waals surface area contributed by atoms with E-state index in [2.05, 4.69) is 32.7 Å². The van der Waals surface area contributed by atoms with Crippen LogP contribution < -0.4 is 5.32 Å². The molecule has 0 aromatic carbocycles. The molecule has 2 N–H and O–H groups in total. The number of nitrogens with one attached hydrogen (secondary N) is 1. The summed E-state index contributed by atoms with van der Waals surface area (Å²) >= 11 is 0. The van der Waals surface area contributed by atoms with E-state index in [1.54, 1.807) is 0 Å². The fourth-order valence-corrected chi connectivity index (χ4v) is 7.15. The Balaban J connectivity index is 1.66. The third-order valence-electron chi connectivity index (χ3n) is 9.75. The molecule has 9 heteroatoms. The summed E-state index contributed by atoms with van der Waals surface area (Å²) < 4.78 is 10.2. The first-order valence-electron chi connectivity index (χ1n) is 15.3. The number of rotatable bonds is 6. The first-order valence-corrected chi connectivity index (χ1v) is 15.3. The van der Waals surface area contributed by atoms with Crippen LogP contribution in [0.3, 0.4) is 0 Å². The molecule has 0 radical (unpaired) electrons. The highest BCUT2D eigenvalue weighted by Crippen LogP contribution is 2.49. The minimum atomic E-state index is -1.06. The number of ether oxygens (including phenoxy) is 2. The fraction of sp³-hybridized carbons (Fsp3) is 0.361. The van der Waals surface area contributed by atoms with E-state index in [1.165, 1.54) is 14.2 Å². The lowest BCUT2D eigenvalue weighted by atomic mass is 9.84. The summed E-state index contributed by atoms with van der Waals surface area (Å²) in [5, 5.41) is 15.2. The van der Waals surface area contributed by atoms with Crippen LogP contribution in [0.15, 0.2) is 119 Å². The lowest BCUT2D eigenvalue weighted by Crippen LogP contribution is -2.25. The summed E-state index contributed by atoms with van der Waals surface area (Å²) in [4.78, 5) is 40.7. The Hall–Kier alpha value is -4.79. The van der Waals surface area contributed by atoms with Crippen LogP contribution in [-0.2, 0) is 19.1 Å². The van der Waals surface area contributed by atoms with Gasteiger partial charge in [0.05, 0.1) is 48.4 Å². The number of nitrogens with zero attached hydrogens (tertiary/aromatic N) is 3. The van der Waals surface area contributed by atoms with Crippen molar-refractivity contribution >= 4 is 29.1 Å². The zero-order valence-corrected chi connectivity index (χ0v) is 26.8. The van der Waals surface area contributed by atoms with Gasteiger partial charge in [0.1, 0.15) is 11.7 Å². The summed E-state index contributed by atoms with van der Waals surface area (Å²) in [6.45, 7) is 14.3. The quantitative estimate of drug-likeness (QED) is 0.274. The van der Waals surface area contributed by atoms with Gasteiger partial charge in [0.2, 0.25) is 0 Å². The predicted octanol–water partition coefficient (Wildman–Crippen LogP) is 6.20. The maximum atomic E-state index is 13.3. The molecule has 5 heterocycles. The highest BCUT2D eigenvalue weighted by Gasteiger charge is 2.49. The van der Waals surface area contributed by atoms with Crippen molar-refractivity contribution in [1.29, 1.82) is 0 Å². The van der Waals surface area contributed by atoms with Crippen LogP contribution in [0.4, 0.5) is 0 Å². The van der Waals surface area contributed by atoms with Crippen LogP contribution in [0.2, 0.25) is 0 Å². The molecule has 232 valence electrons. The van der Waals surface area contributed by atoms with Crippen LogP contribution in [0, 0.1) is 17.8 Å². The molecule has 0 aromatic rings. The number of allylic oxidation sites excluding steroid dienone is 11. The van der Waals surface area contributed by atoms with Gasteiger partial charge in [-0.3, -0.25) is 9.59 Å². The summed E-state index contributed by atoms with van der Waals surface area (Å²) in [7, 11) is 2.69. The lowest BCUT2D eigenvalue weighted by molar-refractivity contribution is -0.143. The monoisotopic (exact) mass is 608 g/mol. The van der Waals surface area contributed by atoms with Crippen molar-refractivity contribution in [3.05, 3.63) is 104 Å². The molecular formula is C36H38N4O5. The van der Waals surface area contributed by atoms with Crippen molar-refractivity contribution in [2.24, 2.45) is 32.7 Å². The highest BCUT2D eigenvalue weighted by molar-refractivity contribution is 6.24. The van der Waals surface area contributed by atoms with Crippen molar-refractivity contribution in [2.75, 3.05) is 14.2 Å². The van der Waals surface area contributed by atoms with Crippen LogP contribution in [-0.4, -0.2) is 48.4 Å². The number of fused-ring (bicyclic) bond motifs is 5. The molecule has 6 rings (SSSR count). The largest absolute Gasteiger partial charge is 0.510 e. The molecule has 0 amide bonds. The second-order valence-electron chi connectivity index (χ2n) is 12.0. The number of aliphatic hydroxyl groups is 1. The summed E-state index contributed by atoms with van der Waals surface area (Å²) in [5.74, 6) is -2.33. The SMILES string of the molecule is C=CC1=C(C)C2=NC1=CC1=NC(=CC3=C(C)C4=C([18OH])[C@H](C(=O)OC)C(=C5NC(=C2)[C@@H](C)[C@@H]5CCC(=O)OC)C4=N3)C(CC)=C1C. The van der Waals surface area contributed by atoms with Crippen molar-refractivity contribution < 1.29 is 24.2 Å². The van der Waals surface area contributed by atoms with E-state index in [9.17, 15) is 14.7 Å². The van der Waals surface area contributed by atoms with Gasteiger partial charge in [0.25, 0.3) is 0 Å². The molecule has 0 saturated carbocycles. The Morgan fingerprint density at radius 3 is 2.38 bits per heavy atom. The van der Waals surface area contributed by atoms with Gasteiger partial charge >= 0.3 is 11.9 Å². The number of carbonyl (C=O) groups excluding carboxylic acids is 2. The number of aliphatic imine (C=N–C) groups is 3. The molecule has 0 aromatic heterocycles. The fourth-order valence-electron chi connectivity index (χ4n) is 7.15. The maximum absolute atomic E-state index is 13.3. The van der Waals surface area contributed by atoms with E-state index in [0.717, 1.165) is 68.5 Å². The Labute approximate surface area is 263 Å². The number of aliphatic hydroxyl groups excluding tert-OH is 1. The first-order chi connectivity index (χ1) is 21.5. The molecule has 9 nitrogen and oxygen atoms in total. The highest BCUT2D eigenvalue weighted by atomic mass is 18.2. The molecule has 45 heavy (non-hydrogen) atoms. The van der Waals surface area contributed by atoms with Crippen molar-refractivity contribution in [1.82, 2.24) is 5.32 Å². The number of esters is 2. The molecule has 1 saturated heterocycles. The third-order valence-corrected chi connectivity index (χ3v) is 9.75. The standard InChI is InChI=1S/C36H38N4O5/c1-9-20-16(3)23-13-25-18(5)22(11-12-29(41)44-7)33(39-25)31-32(36(43)45-8)35(42)30-19(6)26(40-34(30)31)15-28-21(10-2)17(4)24(38-28)14-27(20)37-23/h9,13-15,18,22,32,39,42H,1,10-12H2,2-8H3/t18-,22-,32+/m0/s1/i42+2. The van der Waals surface area contributed by atoms with Gasteiger partial charge in [-0.1, -0.05) is 26.5 Å². The number of carbonyl (C=O) groups is 2. The normalized spacial score (nSPS) is 25.3. The van der Waals surface area contributed by atoms with Gasteiger partial charge < -0.3 is 19.9 Å². The Kier molecular flexibility index (Phi) is 7.59. The van der Waals surface area contributed by atoms with Gasteiger partial charge in [-0.15, -0.1) is 0 Å².